The first kappa shape index (κ1) is 36.0. The molecule has 0 saturated carbocycles. The minimum atomic E-state index is -0.599. The molecule has 0 aliphatic carbocycles. The Morgan fingerprint density at radius 3 is 2.25 bits per heavy atom. The number of aromatic nitrogens is 2. The van der Waals surface area contributed by atoms with Crippen LogP contribution in [0.15, 0.2) is 109 Å². The van der Waals surface area contributed by atoms with Crippen molar-refractivity contribution >= 4 is 34.6 Å². The number of aromatic hydroxyl groups is 1. The molecule has 2 saturated heterocycles. The maximum atomic E-state index is 13.1. The lowest BCUT2D eigenvalue weighted by Crippen LogP contribution is -2.52. The van der Waals surface area contributed by atoms with E-state index in [0.717, 1.165) is 85.6 Å². The summed E-state index contributed by atoms with van der Waals surface area (Å²) in [7, 11) is 0. The van der Waals surface area contributed by atoms with Crippen molar-refractivity contribution in [2.45, 2.75) is 51.7 Å². The van der Waals surface area contributed by atoms with Crippen LogP contribution in [0.5, 0.6) is 5.75 Å². The number of phenols is 1. The molecule has 2 N–H and O–H groups in total. The highest BCUT2D eigenvalue weighted by molar-refractivity contribution is 6.05. The fourth-order valence-electron chi connectivity index (χ4n) is 8.22. The summed E-state index contributed by atoms with van der Waals surface area (Å²) in [5, 5.41) is 17.0. The lowest BCUT2D eigenvalue weighted by Gasteiger charge is -2.36. The first-order valence-electron chi connectivity index (χ1n) is 19.3. The minimum Gasteiger partial charge on any atom is -0.508 e. The van der Waals surface area contributed by atoms with Gasteiger partial charge in [0.25, 0.3) is 5.91 Å². The van der Waals surface area contributed by atoms with Gasteiger partial charge in [-0.2, -0.15) is 5.10 Å². The zero-order chi connectivity index (χ0) is 37.9. The van der Waals surface area contributed by atoms with Gasteiger partial charge in [0.2, 0.25) is 11.8 Å². The molecular formula is C45H46N6O4. The third kappa shape index (κ3) is 7.68. The average Bonchev–Trinajstić information content (AvgIpc) is 3.82. The summed E-state index contributed by atoms with van der Waals surface area (Å²) in [6.07, 6.45) is 6.56. The van der Waals surface area contributed by atoms with E-state index in [1.165, 1.54) is 16.7 Å². The summed E-state index contributed by atoms with van der Waals surface area (Å²) in [5.41, 5.74) is 10.7. The molecule has 4 aromatic carbocycles. The number of hydrogen-bond acceptors (Lipinski definition) is 7. The van der Waals surface area contributed by atoms with Crippen LogP contribution in [0.3, 0.4) is 0 Å². The molecule has 10 nitrogen and oxygen atoms in total. The van der Waals surface area contributed by atoms with Gasteiger partial charge in [-0.3, -0.25) is 29.3 Å². The van der Waals surface area contributed by atoms with Crippen molar-refractivity contribution in [3.8, 4) is 16.9 Å². The van der Waals surface area contributed by atoms with Crippen LogP contribution in [0, 0.1) is 0 Å². The van der Waals surface area contributed by atoms with Crippen LogP contribution in [0.2, 0.25) is 0 Å². The van der Waals surface area contributed by atoms with E-state index in [0.29, 0.717) is 18.5 Å². The summed E-state index contributed by atoms with van der Waals surface area (Å²) < 4.78 is 2.04. The van der Waals surface area contributed by atoms with Crippen molar-refractivity contribution in [3.63, 3.8) is 0 Å². The second-order valence-electron chi connectivity index (χ2n) is 14.6. The number of hydrogen-bond donors (Lipinski definition) is 2. The summed E-state index contributed by atoms with van der Waals surface area (Å²) in [6, 6.07) is 32.1. The third-order valence-corrected chi connectivity index (χ3v) is 11.2. The fraction of sp³-hybridized carbons (Fsp3) is 0.289. The number of allylic oxidation sites excluding steroid dienone is 1. The number of benzene rings is 4. The van der Waals surface area contributed by atoms with Crippen LogP contribution in [0.4, 0.5) is 5.69 Å². The number of rotatable bonds is 11. The van der Waals surface area contributed by atoms with Crippen LogP contribution in [0.25, 0.3) is 22.3 Å². The van der Waals surface area contributed by atoms with Crippen molar-refractivity contribution in [2.75, 3.05) is 37.6 Å². The van der Waals surface area contributed by atoms with Crippen LogP contribution in [-0.4, -0.2) is 81.2 Å². The summed E-state index contributed by atoms with van der Waals surface area (Å²) in [5.74, 6) is -0.542. The van der Waals surface area contributed by atoms with E-state index in [9.17, 15) is 19.5 Å². The third-order valence-electron chi connectivity index (χ3n) is 11.2. The van der Waals surface area contributed by atoms with Crippen LogP contribution in [-0.2, 0) is 22.7 Å². The van der Waals surface area contributed by atoms with E-state index in [1.807, 2.05) is 41.2 Å². The topological polar surface area (TPSA) is 111 Å². The Kier molecular flexibility index (Phi) is 10.3. The molecular weight excluding hydrogens is 689 g/mol. The Bertz CT molecular complexity index is 2220. The van der Waals surface area contributed by atoms with E-state index < -0.39 is 6.04 Å². The molecule has 3 amide bonds. The van der Waals surface area contributed by atoms with Gasteiger partial charge in [-0.25, -0.2) is 0 Å². The van der Waals surface area contributed by atoms with Crippen LogP contribution in [0.1, 0.15) is 65.2 Å². The van der Waals surface area contributed by atoms with E-state index in [4.69, 9.17) is 5.10 Å². The molecule has 55 heavy (non-hydrogen) atoms. The first-order chi connectivity index (χ1) is 26.8. The van der Waals surface area contributed by atoms with Crippen molar-refractivity contribution in [1.29, 1.82) is 0 Å². The second kappa shape index (κ2) is 15.8. The highest BCUT2D eigenvalue weighted by Crippen LogP contribution is 2.36. The summed E-state index contributed by atoms with van der Waals surface area (Å²) >= 11 is 0. The molecule has 0 radical (unpaired) electrons. The number of nitrogens with zero attached hydrogens (tertiary/aromatic N) is 5. The van der Waals surface area contributed by atoms with Crippen LogP contribution < -0.4 is 10.2 Å². The number of anilines is 1. The first-order valence-corrected chi connectivity index (χ1v) is 19.3. The van der Waals surface area contributed by atoms with E-state index in [1.54, 1.807) is 17.0 Å². The average molecular weight is 735 g/mol. The maximum absolute atomic E-state index is 13.1. The van der Waals surface area contributed by atoms with E-state index >= 15 is 0 Å². The smallest absolute Gasteiger partial charge is 0.255 e. The molecule has 1 unspecified atom stereocenters. The van der Waals surface area contributed by atoms with Gasteiger partial charge in [-0.1, -0.05) is 73.7 Å². The second-order valence-corrected chi connectivity index (χ2v) is 14.6. The van der Waals surface area contributed by atoms with Gasteiger partial charge in [-0.15, -0.1) is 0 Å². The van der Waals surface area contributed by atoms with Gasteiger partial charge in [0, 0.05) is 75.2 Å². The number of nitrogens with one attached hydrogen (secondary N) is 1. The lowest BCUT2D eigenvalue weighted by molar-refractivity contribution is -0.136. The number of fused-ring (bicyclic) bond motifs is 1. The molecule has 280 valence electrons. The molecule has 4 heterocycles. The van der Waals surface area contributed by atoms with Crippen LogP contribution >= 0.6 is 0 Å². The molecule has 3 aliphatic heterocycles. The minimum absolute atomic E-state index is 0.138. The van der Waals surface area contributed by atoms with Crippen molar-refractivity contribution in [2.24, 2.45) is 0 Å². The summed E-state index contributed by atoms with van der Waals surface area (Å²) in [6.45, 7) is 8.13. The molecule has 10 heteroatoms. The molecule has 3 aliphatic rings. The predicted molar refractivity (Wildman–Crippen MR) is 214 cm³/mol. The lowest BCUT2D eigenvalue weighted by atomic mass is 9.87. The number of carbonyl (C=O) groups excluding carboxylic acids is 3. The van der Waals surface area contributed by atoms with Crippen molar-refractivity contribution in [1.82, 2.24) is 24.9 Å². The Morgan fingerprint density at radius 1 is 0.818 bits per heavy atom. The van der Waals surface area contributed by atoms with Gasteiger partial charge in [-0.05, 0) is 88.6 Å². The zero-order valence-electron chi connectivity index (χ0n) is 31.2. The van der Waals surface area contributed by atoms with E-state index in [2.05, 4.69) is 82.8 Å². The Hall–Kier alpha value is -6.00. The maximum Gasteiger partial charge on any atom is 0.255 e. The predicted octanol–water partition coefficient (Wildman–Crippen LogP) is 6.60. The molecule has 1 aromatic heterocycles. The Balaban J connectivity index is 0.853. The van der Waals surface area contributed by atoms with Gasteiger partial charge in [0.05, 0.1) is 6.20 Å². The molecule has 5 aromatic rings. The highest BCUT2D eigenvalue weighted by Gasteiger charge is 2.39. The number of carbonyl (C=O) groups is 3. The number of piperidine rings is 1. The molecule has 1 atom stereocenters. The zero-order valence-corrected chi connectivity index (χ0v) is 31.2. The normalized spacial score (nSPS) is 18.0. The largest absolute Gasteiger partial charge is 0.508 e. The van der Waals surface area contributed by atoms with E-state index in [-0.39, 0.29) is 29.9 Å². The Labute approximate surface area is 321 Å². The number of imide groups is 1. The van der Waals surface area contributed by atoms with Gasteiger partial charge >= 0.3 is 0 Å². The van der Waals surface area contributed by atoms with Gasteiger partial charge in [0.15, 0.2) is 0 Å². The highest BCUT2D eigenvalue weighted by atomic mass is 16.3. The molecule has 2 fully saturated rings. The fourth-order valence-corrected chi connectivity index (χ4v) is 8.22. The monoisotopic (exact) mass is 734 g/mol. The SMILES string of the molecule is CCC(=C(c1ccc(O)cc1)c1ccc(-c2cnn(CCCN3CCN(c4ccc5c(c4)CN(C4CCC(=O)NC4=O)C5=O)CC3)c2)cc1)c1ccccc1. The number of amides is 3. The standard InChI is InChI=1S/C45H46N6O4/c1-2-39(32-7-4-3-5-8-32)43(34-13-16-38(52)17-14-34)33-11-9-31(10-12-33)36-28-46-50(29-36)22-6-21-48-23-25-49(26-24-48)37-15-18-40-35(27-37)30-51(45(40)55)41-19-20-42(53)47-44(41)54/h3-5,7-18,27-29,41,52H,2,6,19-26,30H2,1H3,(H,47,53,54). The van der Waals surface area contributed by atoms with Gasteiger partial charge in [0.1, 0.15) is 11.8 Å². The molecule has 0 bridgehead atoms. The Morgan fingerprint density at radius 2 is 1.55 bits per heavy atom. The van der Waals surface area contributed by atoms with Crippen molar-refractivity contribution in [3.05, 3.63) is 137 Å². The molecule has 8 rings (SSSR count). The number of phenolic OH excluding ortho intramolecular Hbond substituents is 1. The number of aryl methyl sites for hydroxylation is 1. The quantitative estimate of drug-likeness (QED) is 0.116. The number of piperazine rings is 1. The summed E-state index contributed by atoms with van der Waals surface area (Å²) in [4.78, 5) is 43.6. The van der Waals surface area contributed by atoms with Gasteiger partial charge < -0.3 is 14.9 Å². The van der Waals surface area contributed by atoms with Crippen molar-refractivity contribution < 1.29 is 19.5 Å². The molecule has 0 spiro atoms.